The molecule has 4 nitrogen and oxygen atoms in total. The van der Waals surface area contributed by atoms with Crippen molar-refractivity contribution in [3.8, 4) is 5.75 Å². The molecule has 1 aromatic rings. The van der Waals surface area contributed by atoms with Crippen LogP contribution in [0, 0.1) is 0 Å². The zero-order valence-electron chi connectivity index (χ0n) is 10.2. The van der Waals surface area contributed by atoms with Gasteiger partial charge in [0.05, 0.1) is 12.2 Å². The van der Waals surface area contributed by atoms with Gasteiger partial charge in [-0.25, -0.2) is 0 Å². The Bertz CT molecular complexity index is 480. The minimum atomic E-state index is -0.671. The first-order chi connectivity index (χ1) is 8.66. The topological polar surface area (TPSA) is 58.6 Å². The maximum Gasteiger partial charge on any atom is 0.251 e. The van der Waals surface area contributed by atoms with Gasteiger partial charge in [-0.2, -0.15) is 0 Å². The molecule has 1 aromatic carbocycles. The third kappa shape index (κ3) is 2.08. The summed E-state index contributed by atoms with van der Waals surface area (Å²) in [5, 5.41) is 12.7. The van der Waals surface area contributed by atoms with Crippen LogP contribution in [0.15, 0.2) is 18.2 Å². The van der Waals surface area contributed by atoms with Crippen LogP contribution in [0.25, 0.3) is 0 Å². The van der Waals surface area contributed by atoms with Gasteiger partial charge in [-0.1, -0.05) is 0 Å². The van der Waals surface area contributed by atoms with E-state index in [1.807, 2.05) is 12.1 Å². The van der Waals surface area contributed by atoms with E-state index in [2.05, 4.69) is 5.32 Å². The second-order valence-corrected chi connectivity index (χ2v) is 5.18. The van der Waals surface area contributed by atoms with E-state index in [9.17, 15) is 9.90 Å². The quantitative estimate of drug-likeness (QED) is 0.845. The van der Waals surface area contributed by atoms with Gasteiger partial charge in [0.2, 0.25) is 0 Å². The van der Waals surface area contributed by atoms with Gasteiger partial charge in [0, 0.05) is 18.5 Å². The van der Waals surface area contributed by atoms with Crippen LogP contribution >= 0.6 is 0 Å². The van der Waals surface area contributed by atoms with Crippen LogP contribution in [0.2, 0.25) is 0 Å². The van der Waals surface area contributed by atoms with Gasteiger partial charge >= 0.3 is 0 Å². The largest absolute Gasteiger partial charge is 0.493 e. The third-order valence-corrected chi connectivity index (χ3v) is 3.81. The average Bonchev–Trinajstić information content (AvgIpc) is 2.80. The van der Waals surface area contributed by atoms with Crippen molar-refractivity contribution >= 4 is 5.91 Å². The highest BCUT2D eigenvalue weighted by Crippen LogP contribution is 2.31. The zero-order valence-corrected chi connectivity index (χ0v) is 10.2. The first-order valence-electron chi connectivity index (χ1n) is 6.43. The Morgan fingerprint density at radius 1 is 1.44 bits per heavy atom. The highest BCUT2D eigenvalue weighted by atomic mass is 16.5. The Labute approximate surface area is 106 Å². The molecule has 18 heavy (non-hydrogen) atoms. The van der Waals surface area contributed by atoms with Crippen molar-refractivity contribution in [1.29, 1.82) is 0 Å². The van der Waals surface area contributed by atoms with Crippen molar-refractivity contribution in [2.24, 2.45) is 0 Å². The summed E-state index contributed by atoms with van der Waals surface area (Å²) in [5.74, 6) is 0.759. The number of benzene rings is 1. The Balaban J connectivity index is 1.65. The number of aliphatic hydroxyl groups is 1. The van der Waals surface area contributed by atoms with Crippen molar-refractivity contribution in [2.45, 2.75) is 31.3 Å². The Kier molecular flexibility index (Phi) is 2.74. The number of rotatable bonds is 3. The zero-order chi connectivity index (χ0) is 12.6. The van der Waals surface area contributed by atoms with E-state index in [1.54, 1.807) is 6.07 Å². The monoisotopic (exact) mass is 247 g/mol. The maximum absolute atomic E-state index is 12.0. The summed E-state index contributed by atoms with van der Waals surface area (Å²) in [6.07, 6.45) is 3.47. The van der Waals surface area contributed by atoms with Crippen LogP contribution in [-0.2, 0) is 6.42 Å². The molecule has 1 fully saturated rings. The van der Waals surface area contributed by atoms with Gasteiger partial charge in [-0.15, -0.1) is 0 Å². The molecule has 0 unspecified atom stereocenters. The predicted molar refractivity (Wildman–Crippen MR) is 66.8 cm³/mol. The second-order valence-electron chi connectivity index (χ2n) is 5.18. The SMILES string of the molecule is O=C(NCC1(O)CCC1)c1ccc2c(c1)CCO2. The van der Waals surface area contributed by atoms with E-state index in [1.165, 1.54) is 0 Å². The van der Waals surface area contributed by atoms with Gasteiger partial charge < -0.3 is 15.2 Å². The van der Waals surface area contributed by atoms with Gasteiger partial charge in [-0.05, 0) is 43.0 Å². The number of nitrogens with one attached hydrogen (secondary N) is 1. The highest BCUT2D eigenvalue weighted by molar-refractivity contribution is 5.94. The molecule has 3 rings (SSSR count). The van der Waals surface area contributed by atoms with Gasteiger partial charge in [0.1, 0.15) is 5.75 Å². The number of ether oxygens (including phenoxy) is 1. The smallest absolute Gasteiger partial charge is 0.251 e. The molecule has 0 radical (unpaired) electrons. The molecule has 0 spiro atoms. The molecular weight excluding hydrogens is 230 g/mol. The minimum Gasteiger partial charge on any atom is -0.493 e. The average molecular weight is 247 g/mol. The van der Waals surface area contributed by atoms with E-state index in [0.717, 1.165) is 37.0 Å². The summed E-state index contributed by atoms with van der Waals surface area (Å²) >= 11 is 0. The summed E-state index contributed by atoms with van der Waals surface area (Å²) < 4.78 is 5.40. The van der Waals surface area contributed by atoms with E-state index in [4.69, 9.17) is 4.74 Å². The molecule has 0 bridgehead atoms. The first-order valence-corrected chi connectivity index (χ1v) is 6.43. The molecule has 1 aliphatic heterocycles. The van der Waals surface area contributed by atoms with Crippen molar-refractivity contribution in [1.82, 2.24) is 5.32 Å². The lowest BCUT2D eigenvalue weighted by Gasteiger charge is -2.36. The lowest BCUT2D eigenvalue weighted by Crippen LogP contribution is -2.47. The van der Waals surface area contributed by atoms with E-state index in [-0.39, 0.29) is 5.91 Å². The molecule has 1 amide bonds. The van der Waals surface area contributed by atoms with E-state index in [0.29, 0.717) is 18.7 Å². The third-order valence-electron chi connectivity index (χ3n) is 3.81. The van der Waals surface area contributed by atoms with Crippen LogP contribution in [0.4, 0.5) is 0 Å². The van der Waals surface area contributed by atoms with Gasteiger partial charge in [-0.3, -0.25) is 4.79 Å². The lowest BCUT2D eigenvalue weighted by molar-refractivity contribution is -0.0300. The molecule has 0 saturated heterocycles. The van der Waals surface area contributed by atoms with E-state index < -0.39 is 5.60 Å². The fourth-order valence-corrected chi connectivity index (χ4v) is 2.44. The molecule has 96 valence electrons. The van der Waals surface area contributed by atoms with Gasteiger partial charge in [0.25, 0.3) is 5.91 Å². The Morgan fingerprint density at radius 3 is 3.00 bits per heavy atom. The van der Waals surface area contributed by atoms with Crippen LogP contribution in [0.3, 0.4) is 0 Å². The number of carbonyl (C=O) groups excluding carboxylic acids is 1. The molecule has 0 atom stereocenters. The Morgan fingerprint density at radius 2 is 2.28 bits per heavy atom. The fraction of sp³-hybridized carbons (Fsp3) is 0.500. The number of carbonyl (C=O) groups is 1. The number of amides is 1. The van der Waals surface area contributed by atoms with Crippen molar-refractivity contribution < 1.29 is 14.6 Å². The van der Waals surface area contributed by atoms with E-state index >= 15 is 0 Å². The first kappa shape index (κ1) is 11.5. The lowest BCUT2D eigenvalue weighted by atomic mass is 9.80. The van der Waals surface area contributed by atoms with Crippen LogP contribution in [0.5, 0.6) is 5.75 Å². The number of hydrogen-bond acceptors (Lipinski definition) is 3. The normalized spacial score (nSPS) is 19.6. The molecular formula is C14H17NO3. The summed E-state index contributed by atoms with van der Waals surface area (Å²) in [5.41, 5.74) is 1.06. The second kappa shape index (κ2) is 4.28. The molecule has 0 aromatic heterocycles. The molecule has 1 aliphatic carbocycles. The molecule has 1 saturated carbocycles. The maximum atomic E-state index is 12.0. The Hall–Kier alpha value is -1.55. The molecule has 2 N–H and O–H groups in total. The fourth-order valence-electron chi connectivity index (χ4n) is 2.44. The molecule has 1 heterocycles. The summed E-state index contributed by atoms with van der Waals surface area (Å²) in [4.78, 5) is 12.0. The summed E-state index contributed by atoms with van der Waals surface area (Å²) in [7, 11) is 0. The van der Waals surface area contributed by atoms with Crippen molar-refractivity contribution in [3.63, 3.8) is 0 Å². The standard InChI is InChI=1S/C14H17NO3/c16-13(15-9-14(17)5-1-6-14)11-2-3-12-10(8-11)4-7-18-12/h2-3,8,17H,1,4-7,9H2,(H,15,16). The van der Waals surface area contributed by atoms with Crippen molar-refractivity contribution in [3.05, 3.63) is 29.3 Å². The molecule has 2 aliphatic rings. The predicted octanol–water partition coefficient (Wildman–Crippen LogP) is 1.27. The number of fused-ring (bicyclic) bond motifs is 1. The molecule has 4 heteroatoms. The highest BCUT2D eigenvalue weighted by Gasteiger charge is 2.34. The minimum absolute atomic E-state index is 0.120. The van der Waals surface area contributed by atoms with Crippen LogP contribution in [0.1, 0.15) is 35.2 Å². The van der Waals surface area contributed by atoms with Gasteiger partial charge in [0.15, 0.2) is 0 Å². The van der Waals surface area contributed by atoms with Crippen LogP contribution < -0.4 is 10.1 Å². The number of hydrogen-bond donors (Lipinski definition) is 2. The van der Waals surface area contributed by atoms with Crippen molar-refractivity contribution in [2.75, 3.05) is 13.2 Å². The van der Waals surface area contributed by atoms with Crippen LogP contribution in [-0.4, -0.2) is 29.8 Å². The summed E-state index contributed by atoms with van der Waals surface area (Å²) in [6.45, 7) is 1.04. The summed E-state index contributed by atoms with van der Waals surface area (Å²) in [6, 6.07) is 5.49.